The Labute approximate surface area is 101 Å². The van der Waals surface area contributed by atoms with Crippen LogP contribution in [0.5, 0.6) is 0 Å². The number of rotatable bonds is 3. The van der Waals surface area contributed by atoms with E-state index >= 15 is 0 Å². The van der Waals surface area contributed by atoms with Crippen molar-refractivity contribution in [1.82, 2.24) is 4.90 Å². The molecular formula is C13H16N2O2. The first-order valence-corrected chi connectivity index (χ1v) is 5.75. The van der Waals surface area contributed by atoms with Gasteiger partial charge in [0, 0.05) is 24.7 Å². The van der Waals surface area contributed by atoms with Gasteiger partial charge < -0.3 is 0 Å². The Kier molecular flexibility index (Phi) is 3.54. The fraction of sp³-hybridized carbons (Fsp3) is 0.385. The Morgan fingerprint density at radius 3 is 2.65 bits per heavy atom. The van der Waals surface area contributed by atoms with Crippen LogP contribution in [0.15, 0.2) is 36.4 Å². The number of hydrogen-bond donors (Lipinski definition) is 0. The van der Waals surface area contributed by atoms with Crippen molar-refractivity contribution in [2.75, 3.05) is 13.6 Å². The summed E-state index contributed by atoms with van der Waals surface area (Å²) in [6, 6.07) is 7.36. The molecular weight excluding hydrogens is 216 g/mol. The van der Waals surface area contributed by atoms with Gasteiger partial charge in [0.2, 0.25) is 0 Å². The van der Waals surface area contributed by atoms with Crippen molar-refractivity contribution >= 4 is 5.69 Å². The third kappa shape index (κ3) is 2.91. The molecule has 1 atom stereocenters. The molecule has 90 valence electrons. The summed E-state index contributed by atoms with van der Waals surface area (Å²) >= 11 is 0. The van der Waals surface area contributed by atoms with E-state index in [1.807, 2.05) is 12.1 Å². The highest BCUT2D eigenvalue weighted by Crippen LogP contribution is 2.17. The highest BCUT2D eigenvalue weighted by atomic mass is 16.6. The zero-order valence-corrected chi connectivity index (χ0v) is 9.87. The van der Waals surface area contributed by atoms with Gasteiger partial charge in [0.15, 0.2) is 0 Å². The number of nitrogens with zero attached hydrogens (tertiary/aromatic N) is 2. The van der Waals surface area contributed by atoms with Crippen molar-refractivity contribution in [1.29, 1.82) is 0 Å². The van der Waals surface area contributed by atoms with Crippen molar-refractivity contribution in [3.63, 3.8) is 0 Å². The Morgan fingerprint density at radius 2 is 2.06 bits per heavy atom. The third-order valence-electron chi connectivity index (χ3n) is 3.21. The predicted molar refractivity (Wildman–Crippen MR) is 67.0 cm³/mol. The first-order chi connectivity index (χ1) is 8.16. The summed E-state index contributed by atoms with van der Waals surface area (Å²) in [6.07, 6.45) is 6.37. The van der Waals surface area contributed by atoms with Gasteiger partial charge >= 0.3 is 0 Å². The van der Waals surface area contributed by atoms with Crippen LogP contribution in [-0.4, -0.2) is 29.5 Å². The van der Waals surface area contributed by atoms with E-state index < -0.39 is 0 Å². The number of nitro benzene ring substituents is 1. The lowest BCUT2D eigenvalue weighted by Gasteiger charge is -2.29. The summed E-state index contributed by atoms with van der Waals surface area (Å²) in [7, 11) is 2.11. The molecule has 1 aliphatic heterocycles. The number of nitro groups is 1. The molecule has 0 saturated heterocycles. The molecule has 0 N–H and O–H groups in total. The Balaban J connectivity index is 2.03. The molecule has 1 heterocycles. The van der Waals surface area contributed by atoms with Crippen molar-refractivity contribution in [2.24, 2.45) is 0 Å². The molecule has 4 nitrogen and oxygen atoms in total. The molecule has 1 aliphatic rings. The first-order valence-electron chi connectivity index (χ1n) is 5.75. The molecule has 0 aliphatic carbocycles. The number of non-ortho nitro benzene ring substituents is 1. The molecule has 1 unspecified atom stereocenters. The van der Waals surface area contributed by atoms with E-state index in [1.54, 1.807) is 12.1 Å². The van der Waals surface area contributed by atoms with Crippen LogP contribution in [0.4, 0.5) is 5.69 Å². The molecule has 0 bridgehead atoms. The fourth-order valence-electron chi connectivity index (χ4n) is 2.09. The normalized spacial score (nSPS) is 20.4. The maximum Gasteiger partial charge on any atom is 0.269 e. The fourth-order valence-corrected chi connectivity index (χ4v) is 2.09. The van der Waals surface area contributed by atoms with E-state index in [2.05, 4.69) is 24.1 Å². The van der Waals surface area contributed by atoms with Gasteiger partial charge in [-0.15, -0.1) is 0 Å². The lowest BCUT2D eigenvalue weighted by atomic mass is 9.99. The van der Waals surface area contributed by atoms with Crippen LogP contribution in [0.1, 0.15) is 12.0 Å². The van der Waals surface area contributed by atoms with Gasteiger partial charge in [-0.1, -0.05) is 24.3 Å². The van der Waals surface area contributed by atoms with Gasteiger partial charge in [-0.2, -0.15) is 0 Å². The SMILES string of the molecule is CN1CC=CCC1Cc1ccc([N+](=O)[O-])cc1. The molecule has 0 saturated carbocycles. The molecule has 0 fully saturated rings. The molecule has 17 heavy (non-hydrogen) atoms. The van der Waals surface area contributed by atoms with Crippen molar-refractivity contribution in [2.45, 2.75) is 18.9 Å². The highest BCUT2D eigenvalue weighted by Gasteiger charge is 2.16. The smallest absolute Gasteiger partial charge is 0.269 e. The highest BCUT2D eigenvalue weighted by molar-refractivity contribution is 5.33. The summed E-state index contributed by atoms with van der Waals surface area (Å²) in [5, 5.41) is 10.5. The Bertz CT molecular complexity index is 426. The topological polar surface area (TPSA) is 46.4 Å². The standard InChI is InChI=1S/C13H16N2O2/c1-14-9-3-2-4-13(14)10-11-5-7-12(8-6-11)15(16)17/h2-3,5-8,13H,4,9-10H2,1H3. The van der Waals surface area contributed by atoms with Gasteiger partial charge in [-0.3, -0.25) is 15.0 Å². The zero-order valence-electron chi connectivity index (χ0n) is 9.87. The lowest BCUT2D eigenvalue weighted by Crippen LogP contribution is -2.35. The summed E-state index contributed by atoms with van der Waals surface area (Å²) in [4.78, 5) is 12.5. The largest absolute Gasteiger partial charge is 0.299 e. The average molecular weight is 232 g/mol. The molecule has 0 radical (unpaired) electrons. The maximum atomic E-state index is 10.5. The van der Waals surface area contributed by atoms with Crippen LogP contribution < -0.4 is 0 Å². The van der Waals surface area contributed by atoms with E-state index in [0.717, 1.165) is 24.9 Å². The van der Waals surface area contributed by atoms with Crippen LogP contribution in [-0.2, 0) is 6.42 Å². The quantitative estimate of drug-likeness (QED) is 0.456. The average Bonchev–Trinajstić information content (AvgIpc) is 2.33. The van der Waals surface area contributed by atoms with E-state index in [4.69, 9.17) is 0 Å². The summed E-state index contributed by atoms with van der Waals surface area (Å²) < 4.78 is 0. The molecule has 0 amide bonds. The molecule has 1 aromatic carbocycles. The van der Waals surface area contributed by atoms with Crippen LogP contribution in [0.25, 0.3) is 0 Å². The van der Waals surface area contributed by atoms with Gasteiger partial charge in [-0.05, 0) is 25.5 Å². The third-order valence-corrected chi connectivity index (χ3v) is 3.21. The molecule has 0 aromatic heterocycles. The van der Waals surface area contributed by atoms with Gasteiger partial charge in [0.05, 0.1) is 4.92 Å². The molecule has 2 rings (SSSR count). The molecule has 0 spiro atoms. The minimum absolute atomic E-state index is 0.158. The van der Waals surface area contributed by atoms with Gasteiger partial charge in [0.25, 0.3) is 5.69 Å². The monoisotopic (exact) mass is 232 g/mol. The van der Waals surface area contributed by atoms with Gasteiger partial charge in [0.1, 0.15) is 0 Å². The summed E-state index contributed by atoms with van der Waals surface area (Å²) in [5.41, 5.74) is 1.31. The van der Waals surface area contributed by atoms with Crippen molar-refractivity contribution in [3.8, 4) is 0 Å². The van der Waals surface area contributed by atoms with Crippen LogP contribution in [0.3, 0.4) is 0 Å². The molecule has 1 aromatic rings. The number of hydrogen-bond acceptors (Lipinski definition) is 3. The van der Waals surface area contributed by atoms with E-state index in [1.165, 1.54) is 0 Å². The van der Waals surface area contributed by atoms with Crippen LogP contribution in [0.2, 0.25) is 0 Å². The van der Waals surface area contributed by atoms with Crippen LogP contribution in [0, 0.1) is 10.1 Å². The number of benzene rings is 1. The Hall–Kier alpha value is -1.68. The zero-order chi connectivity index (χ0) is 12.3. The molecule has 4 heteroatoms. The first kappa shape index (κ1) is 11.8. The minimum Gasteiger partial charge on any atom is -0.299 e. The van der Waals surface area contributed by atoms with E-state index in [0.29, 0.717) is 6.04 Å². The lowest BCUT2D eigenvalue weighted by molar-refractivity contribution is -0.384. The van der Waals surface area contributed by atoms with Crippen LogP contribution >= 0.6 is 0 Å². The van der Waals surface area contributed by atoms with Crippen molar-refractivity contribution in [3.05, 3.63) is 52.1 Å². The van der Waals surface area contributed by atoms with Crippen molar-refractivity contribution < 1.29 is 4.92 Å². The van der Waals surface area contributed by atoms with E-state index in [-0.39, 0.29) is 10.6 Å². The summed E-state index contributed by atoms with van der Waals surface area (Å²) in [5.74, 6) is 0. The second-order valence-corrected chi connectivity index (χ2v) is 4.43. The maximum absolute atomic E-state index is 10.5. The number of likely N-dealkylation sites (N-methyl/N-ethyl adjacent to an activating group) is 1. The second-order valence-electron chi connectivity index (χ2n) is 4.43. The minimum atomic E-state index is -0.362. The summed E-state index contributed by atoms with van der Waals surface area (Å²) in [6.45, 7) is 0.984. The predicted octanol–water partition coefficient (Wildman–Crippen LogP) is 2.40. The second kappa shape index (κ2) is 5.10. The van der Waals surface area contributed by atoms with Gasteiger partial charge in [-0.25, -0.2) is 0 Å². The van der Waals surface area contributed by atoms with E-state index in [9.17, 15) is 10.1 Å². The Morgan fingerprint density at radius 1 is 1.35 bits per heavy atom.